The molecule has 9 rings (SSSR count). The van der Waals surface area contributed by atoms with Crippen LogP contribution < -0.4 is 14.4 Å². The van der Waals surface area contributed by atoms with E-state index in [1.807, 2.05) is 0 Å². The van der Waals surface area contributed by atoms with Gasteiger partial charge in [0.25, 0.3) is 0 Å². The molecule has 3 aromatic heterocycles. The summed E-state index contributed by atoms with van der Waals surface area (Å²) in [6, 6.07) is 45.5. The van der Waals surface area contributed by atoms with Crippen LogP contribution in [0.1, 0.15) is 22.8 Å². The molecule has 5 heterocycles. The van der Waals surface area contributed by atoms with E-state index in [0.717, 1.165) is 89.4 Å². The topological polar surface area (TPSA) is 57.4 Å². The molecule has 0 unspecified atom stereocenters. The molecule has 4 nitrogen and oxygen atoms in total. The molecule has 0 spiro atoms. The molecular formula is C48H38N4Te4. The van der Waals surface area contributed by atoms with E-state index in [9.17, 15) is 0 Å². The van der Waals surface area contributed by atoms with Crippen molar-refractivity contribution < 1.29 is 0 Å². The Kier molecular flexibility index (Phi) is 11.5. The average molecular weight is 1180 g/mol. The Morgan fingerprint density at radius 1 is 0.304 bits per heavy atom. The van der Waals surface area contributed by atoms with Crippen molar-refractivity contribution in [1.82, 2.24) is 19.9 Å². The standard InChI is InChI=1S/C48H38N4Te4/c1-53-33-13-5-29(6-14-33)45-37-21-23-39(49-37)46(30-7-15-34(54-2)16-8-30)41-25-27-43(51-41)48(32-11-19-36(56-4)20-12-32)44-28-26-42(52-44)47(40-24-22-38(45)50-40)31-9-17-35(55-3)18-10-31/h5-28,49,52H,1-4H3. The molecule has 0 aliphatic carbocycles. The van der Waals surface area contributed by atoms with Crippen molar-refractivity contribution in [3.8, 4) is 44.5 Å². The van der Waals surface area contributed by atoms with Crippen LogP contribution in [-0.2, 0) is 0 Å². The number of fused-ring (bicyclic) bond motifs is 8. The predicted molar refractivity (Wildman–Crippen MR) is 246 cm³/mol. The van der Waals surface area contributed by atoms with E-state index in [4.69, 9.17) is 9.97 Å². The molecule has 8 heteroatoms. The quantitative estimate of drug-likeness (QED) is 0.150. The van der Waals surface area contributed by atoms with Gasteiger partial charge in [-0.05, 0) is 0 Å². The summed E-state index contributed by atoms with van der Waals surface area (Å²) < 4.78 is 5.77. The van der Waals surface area contributed by atoms with Crippen molar-refractivity contribution in [3.63, 3.8) is 0 Å². The molecular weight excluding hydrogens is 1140 g/mol. The van der Waals surface area contributed by atoms with Gasteiger partial charge in [0.15, 0.2) is 0 Å². The van der Waals surface area contributed by atoms with Gasteiger partial charge in [0, 0.05) is 0 Å². The van der Waals surface area contributed by atoms with Crippen LogP contribution in [0.5, 0.6) is 0 Å². The fourth-order valence-corrected chi connectivity index (χ4v) is 12.1. The number of hydrogen-bond donors (Lipinski definition) is 2. The summed E-state index contributed by atoms with van der Waals surface area (Å²) in [7, 11) is 0. The Labute approximate surface area is 368 Å². The fraction of sp³-hybridized carbons (Fsp3) is 0.0833. The van der Waals surface area contributed by atoms with Gasteiger partial charge in [-0.25, -0.2) is 0 Å². The van der Waals surface area contributed by atoms with Crippen LogP contribution in [0.2, 0.25) is 19.9 Å². The second-order valence-electron chi connectivity index (χ2n) is 13.4. The Hall–Kier alpha value is -3.36. The van der Waals surface area contributed by atoms with Gasteiger partial charge >= 0.3 is 373 Å². The van der Waals surface area contributed by atoms with Crippen molar-refractivity contribution in [2.45, 2.75) is 19.9 Å². The summed E-state index contributed by atoms with van der Waals surface area (Å²) in [6.07, 6.45) is 8.78. The normalized spacial score (nSPS) is 12.1. The summed E-state index contributed by atoms with van der Waals surface area (Å²) in [4.78, 5) is 28.1. The zero-order valence-electron chi connectivity index (χ0n) is 31.4. The molecule has 0 saturated heterocycles. The Morgan fingerprint density at radius 2 is 0.518 bits per heavy atom. The summed E-state index contributed by atoms with van der Waals surface area (Å²) in [5, 5.41) is 0. The number of benzene rings is 4. The second kappa shape index (κ2) is 16.9. The van der Waals surface area contributed by atoms with Gasteiger partial charge in [-0.1, -0.05) is 0 Å². The van der Waals surface area contributed by atoms with Gasteiger partial charge in [-0.3, -0.25) is 0 Å². The first kappa shape index (κ1) is 38.2. The first-order valence-electron chi connectivity index (χ1n) is 18.3. The Balaban J connectivity index is 1.44. The monoisotopic (exact) mass is 1190 g/mol. The number of rotatable bonds is 8. The van der Waals surface area contributed by atoms with E-state index in [1.54, 1.807) is 0 Å². The first-order valence-corrected chi connectivity index (χ1v) is 32.3. The maximum absolute atomic E-state index is 5.50. The Morgan fingerprint density at radius 3 is 0.714 bits per heavy atom. The summed E-state index contributed by atoms with van der Waals surface area (Å²) in [5.41, 5.74) is 16.9. The average Bonchev–Trinajstić information content (AvgIpc) is 4.10. The van der Waals surface area contributed by atoms with Gasteiger partial charge in [0.05, 0.1) is 0 Å². The number of H-pyrrole nitrogens is 2. The summed E-state index contributed by atoms with van der Waals surface area (Å²) in [6.45, 7) is 0. The zero-order chi connectivity index (χ0) is 38.2. The summed E-state index contributed by atoms with van der Waals surface area (Å²) >= 11 is -0.775. The SMILES string of the molecule is C[Te]c1ccc(-c2c3nc(c(-c4ccc([Te]C)cc4)c4ccc([nH]4)c(-c4ccc([Te]C)cc4)c4nc(c(-c5ccc([Te]C)cc5)c5ccc2[nH]5)C=C4)C=C3)cc1. The van der Waals surface area contributed by atoms with E-state index >= 15 is 0 Å². The number of nitrogens with one attached hydrogen (secondary N) is 2. The molecule has 0 saturated carbocycles. The Bertz CT molecular complexity index is 2430. The zero-order valence-corrected chi connectivity index (χ0v) is 40.7. The van der Waals surface area contributed by atoms with E-state index in [0.29, 0.717) is 0 Å². The summed E-state index contributed by atoms with van der Waals surface area (Å²) in [5.74, 6) is 0. The van der Waals surface area contributed by atoms with Crippen molar-refractivity contribution >= 4 is 145 Å². The van der Waals surface area contributed by atoms with Crippen LogP contribution in [0.3, 0.4) is 0 Å². The second-order valence-corrected chi connectivity index (χ2v) is 23.5. The number of nitrogens with zero attached hydrogens (tertiary/aromatic N) is 2. The van der Waals surface area contributed by atoms with Crippen LogP contribution in [0.25, 0.3) is 90.9 Å². The van der Waals surface area contributed by atoms with E-state index in [2.05, 4.69) is 175 Å². The molecule has 0 radical (unpaired) electrons. The molecule has 0 amide bonds. The van der Waals surface area contributed by atoms with Crippen molar-refractivity contribution in [3.05, 3.63) is 144 Å². The number of aromatic nitrogens is 4. The van der Waals surface area contributed by atoms with Gasteiger partial charge in [0.1, 0.15) is 0 Å². The molecule has 2 aliphatic heterocycles. The van der Waals surface area contributed by atoms with Crippen LogP contribution in [-0.4, -0.2) is 104 Å². The van der Waals surface area contributed by atoms with Crippen LogP contribution >= 0.6 is 0 Å². The van der Waals surface area contributed by atoms with Crippen LogP contribution in [0, 0.1) is 0 Å². The van der Waals surface area contributed by atoms with E-state index in [1.165, 1.54) is 14.4 Å². The molecule has 4 aromatic carbocycles. The molecule has 2 N–H and O–H groups in total. The van der Waals surface area contributed by atoms with Crippen molar-refractivity contribution in [1.29, 1.82) is 0 Å². The maximum atomic E-state index is 5.50. The molecule has 8 bridgehead atoms. The minimum absolute atomic E-state index is 0.194. The third-order valence-electron chi connectivity index (χ3n) is 10.3. The molecule has 2 aliphatic rings. The van der Waals surface area contributed by atoms with E-state index < -0.39 is 0 Å². The molecule has 0 fully saturated rings. The van der Waals surface area contributed by atoms with Crippen LogP contribution in [0.15, 0.2) is 121 Å². The molecule has 56 heavy (non-hydrogen) atoms. The van der Waals surface area contributed by atoms with Gasteiger partial charge in [-0.15, -0.1) is 0 Å². The van der Waals surface area contributed by atoms with Gasteiger partial charge in [-0.2, -0.15) is 0 Å². The first-order chi connectivity index (χ1) is 27.5. The number of aromatic amines is 2. The van der Waals surface area contributed by atoms with E-state index in [-0.39, 0.29) is 83.7 Å². The van der Waals surface area contributed by atoms with Gasteiger partial charge in [0.2, 0.25) is 0 Å². The third kappa shape index (κ3) is 7.54. The molecule has 274 valence electrons. The van der Waals surface area contributed by atoms with Gasteiger partial charge < -0.3 is 0 Å². The van der Waals surface area contributed by atoms with Crippen molar-refractivity contribution in [2.24, 2.45) is 0 Å². The van der Waals surface area contributed by atoms with Crippen molar-refractivity contribution in [2.75, 3.05) is 0 Å². The molecule has 0 atom stereocenters. The fourth-order valence-electron chi connectivity index (χ4n) is 7.45. The third-order valence-corrected chi connectivity index (χ3v) is 18.8. The predicted octanol–water partition coefficient (Wildman–Crippen LogP) is 8.83. The minimum atomic E-state index is -0.194. The molecule has 7 aromatic rings. The number of hydrogen-bond acceptors (Lipinski definition) is 2. The van der Waals surface area contributed by atoms with Crippen LogP contribution in [0.4, 0.5) is 0 Å².